The quantitative estimate of drug-likeness (QED) is 0.836. The van der Waals surface area contributed by atoms with Crippen molar-refractivity contribution in [3.63, 3.8) is 0 Å². The van der Waals surface area contributed by atoms with Crippen LogP contribution in [0.1, 0.15) is 27.6 Å². The molecule has 0 spiro atoms. The van der Waals surface area contributed by atoms with Crippen LogP contribution in [0.5, 0.6) is 0 Å². The lowest BCUT2D eigenvalue weighted by molar-refractivity contribution is 0.0739. The van der Waals surface area contributed by atoms with Crippen LogP contribution < -0.4 is 0 Å². The number of carbonyl (C=O) groups excluding carboxylic acids is 1. The summed E-state index contributed by atoms with van der Waals surface area (Å²) in [4.78, 5) is 20.3. The Balaban J connectivity index is 1.63. The Hall–Kier alpha value is -1.80. The minimum atomic E-state index is -0.865. The molecule has 2 aromatic heterocycles. The number of amides is 1. The van der Waals surface area contributed by atoms with E-state index in [1.54, 1.807) is 23.3 Å². The number of alkyl halides is 1. The summed E-state index contributed by atoms with van der Waals surface area (Å²) in [6.45, 7) is 3.40. The number of hydrogen-bond donors (Lipinski definition) is 0. The fraction of sp³-hybridized carbons (Fsp3) is 0.533. The molecule has 6 nitrogen and oxygen atoms in total. The molecule has 0 aromatic carbocycles. The topological polar surface area (TPSA) is 62.5 Å². The van der Waals surface area contributed by atoms with Gasteiger partial charge in [0.25, 0.3) is 5.91 Å². The van der Waals surface area contributed by atoms with Crippen LogP contribution in [0.15, 0.2) is 22.2 Å². The smallest absolute Gasteiger partial charge is 0.275 e. The SMILES string of the molecule is Cc1nc(CN2C[C@@H](F)C[C@H]2CN(C)C(=O)c2ccon2)cs1. The van der Waals surface area contributed by atoms with Crippen molar-refractivity contribution in [1.29, 1.82) is 0 Å². The van der Waals surface area contributed by atoms with Gasteiger partial charge < -0.3 is 9.42 Å². The van der Waals surface area contributed by atoms with Crippen molar-refractivity contribution in [3.8, 4) is 0 Å². The zero-order valence-corrected chi connectivity index (χ0v) is 13.9. The van der Waals surface area contributed by atoms with Gasteiger partial charge in [-0.2, -0.15) is 0 Å². The number of halogens is 1. The van der Waals surface area contributed by atoms with Gasteiger partial charge in [-0.15, -0.1) is 11.3 Å². The number of likely N-dealkylation sites (tertiary alicyclic amines) is 1. The van der Waals surface area contributed by atoms with Gasteiger partial charge in [0.2, 0.25) is 0 Å². The van der Waals surface area contributed by atoms with Crippen molar-refractivity contribution in [2.75, 3.05) is 20.1 Å². The van der Waals surface area contributed by atoms with Crippen molar-refractivity contribution in [2.24, 2.45) is 0 Å². The number of thiazole rings is 1. The number of nitrogens with zero attached hydrogens (tertiary/aromatic N) is 4. The Labute approximate surface area is 137 Å². The van der Waals surface area contributed by atoms with Gasteiger partial charge in [0, 0.05) is 44.2 Å². The average Bonchev–Trinajstić information content (AvgIpc) is 3.22. The van der Waals surface area contributed by atoms with E-state index in [2.05, 4.69) is 15.0 Å². The molecule has 1 aliphatic heterocycles. The summed E-state index contributed by atoms with van der Waals surface area (Å²) in [7, 11) is 1.70. The number of hydrogen-bond acceptors (Lipinski definition) is 6. The number of likely N-dealkylation sites (N-methyl/N-ethyl adjacent to an activating group) is 1. The molecule has 0 aliphatic carbocycles. The molecule has 8 heteroatoms. The minimum absolute atomic E-state index is 0.0205. The Kier molecular flexibility index (Phi) is 4.72. The summed E-state index contributed by atoms with van der Waals surface area (Å²) in [5, 5.41) is 6.66. The van der Waals surface area contributed by atoms with Gasteiger partial charge in [-0.3, -0.25) is 9.69 Å². The third kappa shape index (κ3) is 3.76. The summed E-state index contributed by atoms with van der Waals surface area (Å²) in [6, 6.07) is 1.51. The molecule has 1 amide bonds. The lowest BCUT2D eigenvalue weighted by atomic mass is 10.2. The van der Waals surface area contributed by atoms with Crippen molar-refractivity contribution >= 4 is 17.2 Å². The summed E-state index contributed by atoms with van der Waals surface area (Å²) >= 11 is 1.59. The van der Waals surface area contributed by atoms with E-state index in [9.17, 15) is 9.18 Å². The normalized spacial score (nSPS) is 21.7. The van der Waals surface area contributed by atoms with Crippen LogP contribution in [-0.2, 0) is 6.54 Å². The molecule has 0 saturated carbocycles. The second-order valence-electron chi connectivity index (χ2n) is 5.84. The molecule has 3 heterocycles. The van der Waals surface area contributed by atoms with Crippen LogP contribution in [0.3, 0.4) is 0 Å². The van der Waals surface area contributed by atoms with E-state index in [0.717, 1.165) is 10.7 Å². The number of aryl methyl sites for hydroxylation is 1. The standard InChI is InChI=1S/C15H19FN4O2S/c1-10-17-12(9-23-10)7-20-6-11(16)5-13(20)8-19(2)15(21)14-3-4-22-18-14/h3-4,9,11,13H,5-8H2,1-2H3/t11-,13-/m0/s1. The molecule has 0 N–H and O–H groups in total. The molecular formula is C15H19FN4O2S. The highest BCUT2D eigenvalue weighted by atomic mass is 32.1. The number of carbonyl (C=O) groups is 1. The molecular weight excluding hydrogens is 319 g/mol. The summed E-state index contributed by atoms with van der Waals surface area (Å²) in [5.41, 5.74) is 1.22. The zero-order chi connectivity index (χ0) is 16.4. The van der Waals surface area contributed by atoms with Crippen LogP contribution in [0.2, 0.25) is 0 Å². The van der Waals surface area contributed by atoms with Crippen molar-refractivity contribution < 1.29 is 13.7 Å². The van der Waals surface area contributed by atoms with Gasteiger partial charge in [0.1, 0.15) is 12.4 Å². The second kappa shape index (κ2) is 6.76. The van der Waals surface area contributed by atoms with E-state index < -0.39 is 6.17 Å². The van der Waals surface area contributed by atoms with E-state index in [0.29, 0.717) is 26.1 Å². The fourth-order valence-electron chi connectivity index (χ4n) is 2.91. The van der Waals surface area contributed by atoms with Gasteiger partial charge in [-0.25, -0.2) is 9.37 Å². The highest BCUT2D eigenvalue weighted by Crippen LogP contribution is 2.24. The first kappa shape index (κ1) is 16.1. The maximum absolute atomic E-state index is 13.9. The van der Waals surface area contributed by atoms with E-state index in [4.69, 9.17) is 4.52 Å². The van der Waals surface area contributed by atoms with Crippen LogP contribution >= 0.6 is 11.3 Å². The van der Waals surface area contributed by atoms with Crippen molar-refractivity contribution in [2.45, 2.75) is 32.1 Å². The van der Waals surface area contributed by atoms with Gasteiger partial charge >= 0.3 is 0 Å². The van der Waals surface area contributed by atoms with Crippen LogP contribution in [-0.4, -0.2) is 58.2 Å². The van der Waals surface area contributed by atoms with Gasteiger partial charge in [-0.05, 0) is 13.3 Å². The molecule has 2 aromatic rings. The molecule has 0 radical (unpaired) electrons. The second-order valence-corrected chi connectivity index (χ2v) is 6.91. The first-order valence-electron chi connectivity index (χ1n) is 7.48. The maximum Gasteiger partial charge on any atom is 0.275 e. The predicted octanol–water partition coefficient (Wildman–Crippen LogP) is 2.12. The Bertz CT molecular complexity index is 660. The highest BCUT2D eigenvalue weighted by molar-refractivity contribution is 7.09. The molecule has 0 unspecified atom stereocenters. The molecule has 23 heavy (non-hydrogen) atoms. The Morgan fingerprint density at radius 1 is 1.61 bits per heavy atom. The van der Waals surface area contributed by atoms with E-state index >= 15 is 0 Å². The Morgan fingerprint density at radius 2 is 2.43 bits per heavy atom. The van der Waals surface area contributed by atoms with Gasteiger partial charge in [-0.1, -0.05) is 5.16 Å². The number of aromatic nitrogens is 2. The van der Waals surface area contributed by atoms with Crippen molar-refractivity contribution in [3.05, 3.63) is 34.1 Å². The van der Waals surface area contributed by atoms with Gasteiger partial charge in [0.05, 0.1) is 10.7 Å². The summed E-state index contributed by atoms with van der Waals surface area (Å²) in [6.07, 6.45) is 0.931. The maximum atomic E-state index is 13.9. The third-order valence-electron chi connectivity index (χ3n) is 4.00. The van der Waals surface area contributed by atoms with E-state index in [1.807, 2.05) is 12.3 Å². The Morgan fingerprint density at radius 3 is 3.09 bits per heavy atom. The van der Waals surface area contributed by atoms with Crippen LogP contribution in [0, 0.1) is 6.92 Å². The number of rotatable bonds is 5. The molecule has 1 saturated heterocycles. The molecule has 2 atom stereocenters. The molecule has 124 valence electrons. The van der Waals surface area contributed by atoms with Crippen LogP contribution in [0.25, 0.3) is 0 Å². The minimum Gasteiger partial charge on any atom is -0.364 e. The fourth-order valence-corrected chi connectivity index (χ4v) is 3.52. The molecule has 1 aliphatic rings. The van der Waals surface area contributed by atoms with Crippen molar-refractivity contribution in [1.82, 2.24) is 19.9 Å². The molecule has 0 bridgehead atoms. The lowest BCUT2D eigenvalue weighted by Crippen LogP contribution is -2.41. The van der Waals surface area contributed by atoms with Gasteiger partial charge in [0.15, 0.2) is 5.69 Å². The molecule has 1 fully saturated rings. The lowest BCUT2D eigenvalue weighted by Gasteiger charge is -2.27. The predicted molar refractivity (Wildman–Crippen MR) is 84.0 cm³/mol. The first-order chi connectivity index (χ1) is 11.0. The summed E-state index contributed by atoms with van der Waals surface area (Å²) < 4.78 is 18.6. The zero-order valence-electron chi connectivity index (χ0n) is 13.1. The van der Waals surface area contributed by atoms with E-state index in [1.165, 1.54) is 12.3 Å². The highest BCUT2D eigenvalue weighted by Gasteiger charge is 2.34. The first-order valence-corrected chi connectivity index (χ1v) is 8.36. The monoisotopic (exact) mass is 338 g/mol. The third-order valence-corrected chi connectivity index (χ3v) is 4.82. The largest absolute Gasteiger partial charge is 0.364 e. The molecule has 3 rings (SSSR count). The van der Waals surface area contributed by atoms with E-state index in [-0.39, 0.29) is 17.6 Å². The van der Waals surface area contributed by atoms with Crippen LogP contribution in [0.4, 0.5) is 4.39 Å². The average molecular weight is 338 g/mol. The summed E-state index contributed by atoms with van der Waals surface area (Å²) in [5.74, 6) is -0.217.